The van der Waals surface area contributed by atoms with Crippen LogP contribution in [0.4, 0.5) is 13.2 Å². The minimum atomic E-state index is -4.26. The maximum Gasteiger partial charge on any atom is 0.398 e. The first kappa shape index (κ1) is 16.1. The second-order valence-electron chi connectivity index (χ2n) is 6.32. The predicted molar refractivity (Wildman–Crippen MR) is 86.9 cm³/mol. The zero-order valence-electron chi connectivity index (χ0n) is 13.5. The molecular formula is C17H18F3N5. The van der Waals surface area contributed by atoms with E-state index in [0.717, 1.165) is 16.5 Å². The summed E-state index contributed by atoms with van der Waals surface area (Å²) in [7, 11) is 0. The van der Waals surface area contributed by atoms with Crippen molar-refractivity contribution < 1.29 is 13.2 Å². The molecule has 5 nitrogen and oxygen atoms in total. The van der Waals surface area contributed by atoms with Gasteiger partial charge in [-0.1, -0.05) is 12.1 Å². The number of halogens is 3. The highest BCUT2D eigenvalue weighted by Gasteiger charge is 2.45. The topological polar surface area (TPSA) is 58.5 Å². The number of alkyl halides is 3. The quantitative estimate of drug-likeness (QED) is 0.758. The van der Waals surface area contributed by atoms with E-state index in [1.54, 1.807) is 4.57 Å². The Labute approximate surface area is 142 Å². The SMILES string of the molecule is FC(F)(F)C1CCCn2c(CNCc3cccc4[nH]ccc34)nnc21. The van der Waals surface area contributed by atoms with Crippen molar-refractivity contribution in [3.05, 3.63) is 47.7 Å². The Bertz CT molecular complexity index is 880. The summed E-state index contributed by atoms with van der Waals surface area (Å²) >= 11 is 0. The van der Waals surface area contributed by atoms with Crippen molar-refractivity contribution in [1.29, 1.82) is 0 Å². The molecule has 132 valence electrons. The molecule has 0 spiro atoms. The van der Waals surface area contributed by atoms with Crippen LogP contribution in [0.1, 0.15) is 36.0 Å². The van der Waals surface area contributed by atoms with Gasteiger partial charge in [-0.25, -0.2) is 0 Å². The molecule has 1 atom stereocenters. The summed E-state index contributed by atoms with van der Waals surface area (Å²) in [6, 6.07) is 8.02. The summed E-state index contributed by atoms with van der Waals surface area (Å²) in [6.45, 7) is 1.54. The van der Waals surface area contributed by atoms with Gasteiger partial charge in [0.1, 0.15) is 17.6 Å². The maximum atomic E-state index is 13.1. The first-order valence-electron chi connectivity index (χ1n) is 8.28. The molecule has 0 bridgehead atoms. The molecule has 2 N–H and O–H groups in total. The lowest BCUT2D eigenvalue weighted by Crippen LogP contribution is -2.29. The molecule has 0 amide bonds. The van der Waals surface area contributed by atoms with E-state index >= 15 is 0 Å². The van der Waals surface area contributed by atoms with Crippen molar-refractivity contribution in [2.75, 3.05) is 0 Å². The van der Waals surface area contributed by atoms with E-state index in [1.807, 2.05) is 30.5 Å². The Morgan fingerprint density at radius 2 is 2.08 bits per heavy atom. The molecule has 25 heavy (non-hydrogen) atoms. The zero-order chi connectivity index (χ0) is 17.4. The summed E-state index contributed by atoms with van der Waals surface area (Å²) in [5.74, 6) is -0.899. The van der Waals surface area contributed by atoms with Crippen molar-refractivity contribution in [1.82, 2.24) is 25.1 Å². The molecule has 8 heteroatoms. The van der Waals surface area contributed by atoms with E-state index in [-0.39, 0.29) is 12.2 Å². The Morgan fingerprint density at radius 1 is 1.20 bits per heavy atom. The number of rotatable bonds is 4. The van der Waals surface area contributed by atoms with Crippen molar-refractivity contribution in [2.24, 2.45) is 0 Å². The average molecular weight is 349 g/mol. The number of fused-ring (bicyclic) bond motifs is 2. The first-order chi connectivity index (χ1) is 12.0. The van der Waals surface area contributed by atoms with Crippen molar-refractivity contribution in [3.8, 4) is 0 Å². The number of hydrogen-bond acceptors (Lipinski definition) is 3. The fourth-order valence-corrected chi connectivity index (χ4v) is 3.49. The van der Waals surface area contributed by atoms with Crippen LogP contribution in [0.5, 0.6) is 0 Å². The number of nitrogens with zero attached hydrogens (tertiary/aromatic N) is 3. The lowest BCUT2D eigenvalue weighted by molar-refractivity contribution is -0.156. The van der Waals surface area contributed by atoms with Crippen LogP contribution in [-0.2, 0) is 19.6 Å². The van der Waals surface area contributed by atoms with Crippen LogP contribution in [0.25, 0.3) is 10.9 Å². The van der Waals surface area contributed by atoms with Crippen LogP contribution < -0.4 is 5.32 Å². The van der Waals surface area contributed by atoms with Gasteiger partial charge in [0.05, 0.1) is 6.54 Å². The first-order valence-corrected chi connectivity index (χ1v) is 8.28. The predicted octanol–water partition coefficient (Wildman–Crippen LogP) is 3.49. The van der Waals surface area contributed by atoms with Crippen LogP contribution in [0, 0.1) is 0 Å². The third kappa shape index (κ3) is 3.02. The molecule has 1 aliphatic rings. The van der Waals surface area contributed by atoms with Gasteiger partial charge in [0.15, 0.2) is 0 Å². The minimum absolute atomic E-state index is 0.0447. The van der Waals surface area contributed by atoms with Gasteiger partial charge in [-0.05, 0) is 30.5 Å². The molecular weight excluding hydrogens is 331 g/mol. The van der Waals surface area contributed by atoms with Crippen LogP contribution in [0.3, 0.4) is 0 Å². The van der Waals surface area contributed by atoms with Gasteiger partial charge in [-0.3, -0.25) is 0 Å². The summed E-state index contributed by atoms with van der Waals surface area (Å²) in [5.41, 5.74) is 2.19. The van der Waals surface area contributed by atoms with Crippen LogP contribution in [-0.4, -0.2) is 25.9 Å². The van der Waals surface area contributed by atoms with Gasteiger partial charge in [0.2, 0.25) is 0 Å². The second-order valence-corrected chi connectivity index (χ2v) is 6.32. The molecule has 0 fully saturated rings. The van der Waals surface area contributed by atoms with Gasteiger partial charge in [-0.2, -0.15) is 13.2 Å². The summed E-state index contributed by atoms with van der Waals surface area (Å²) in [4.78, 5) is 3.16. The number of hydrogen-bond donors (Lipinski definition) is 2. The van der Waals surface area contributed by atoms with Crippen LogP contribution >= 0.6 is 0 Å². The Morgan fingerprint density at radius 3 is 2.92 bits per heavy atom. The molecule has 1 unspecified atom stereocenters. The molecule has 1 aromatic carbocycles. The smallest absolute Gasteiger partial charge is 0.361 e. The third-order valence-electron chi connectivity index (χ3n) is 4.72. The van der Waals surface area contributed by atoms with Gasteiger partial charge < -0.3 is 14.9 Å². The largest absolute Gasteiger partial charge is 0.398 e. The normalized spacial score (nSPS) is 17.8. The van der Waals surface area contributed by atoms with Crippen molar-refractivity contribution >= 4 is 10.9 Å². The van der Waals surface area contributed by atoms with Gasteiger partial charge in [0, 0.05) is 30.2 Å². The van der Waals surface area contributed by atoms with E-state index in [4.69, 9.17) is 0 Å². The number of H-pyrrole nitrogens is 1. The number of nitrogens with one attached hydrogen (secondary N) is 2. The van der Waals surface area contributed by atoms with E-state index in [0.29, 0.717) is 31.9 Å². The molecule has 0 saturated heterocycles. The monoisotopic (exact) mass is 349 g/mol. The Balaban J connectivity index is 1.48. The van der Waals surface area contributed by atoms with Crippen molar-refractivity contribution in [3.63, 3.8) is 0 Å². The second kappa shape index (κ2) is 6.18. The van der Waals surface area contributed by atoms with Crippen molar-refractivity contribution in [2.45, 2.75) is 44.6 Å². The van der Waals surface area contributed by atoms with Gasteiger partial charge in [-0.15, -0.1) is 10.2 Å². The third-order valence-corrected chi connectivity index (χ3v) is 4.72. The number of benzene rings is 1. The molecule has 0 saturated carbocycles. The summed E-state index contributed by atoms with van der Waals surface area (Å²) < 4.78 is 41.0. The van der Waals surface area contributed by atoms with E-state index in [2.05, 4.69) is 20.5 Å². The molecule has 0 radical (unpaired) electrons. The molecule has 1 aliphatic heterocycles. The molecule has 2 aromatic heterocycles. The van der Waals surface area contributed by atoms with E-state index in [1.165, 1.54) is 0 Å². The summed E-state index contributed by atoms with van der Waals surface area (Å²) in [6.07, 6.45) is -1.80. The fraction of sp³-hybridized carbons (Fsp3) is 0.412. The maximum absolute atomic E-state index is 13.1. The molecule has 3 aromatic rings. The summed E-state index contributed by atoms with van der Waals surface area (Å²) in [5, 5.41) is 12.2. The number of aromatic nitrogens is 4. The standard InChI is InChI=1S/C17H18F3N5/c18-17(19,20)13-4-2-8-25-15(23-24-16(13)25)10-21-9-11-3-1-5-14-12(11)6-7-22-14/h1,3,5-7,13,21-22H,2,4,8-10H2. The van der Waals surface area contributed by atoms with Crippen LogP contribution in [0.2, 0.25) is 0 Å². The van der Waals surface area contributed by atoms with E-state index in [9.17, 15) is 13.2 Å². The lowest BCUT2D eigenvalue weighted by Gasteiger charge is -2.25. The average Bonchev–Trinajstić information content (AvgIpc) is 3.21. The Hall–Kier alpha value is -2.35. The fourth-order valence-electron chi connectivity index (χ4n) is 3.49. The highest BCUT2D eigenvalue weighted by molar-refractivity contribution is 5.82. The van der Waals surface area contributed by atoms with Gasteiger partial charge >= 0.3 is 6.18 Å². The van der Waals surface area contributed by atoms with E-state index < -0.39 is 12.1 Å². The van der Waals surface area contributed by atoms with Crippen LogP contribution in [0.15, 0.2) is 30.5 Å². The highest BCUT2D eigenvalue weighted by atomic mass is 19.4. The Kier molecular flexibility index (Phi) is 3.99. The zero-order valence-corrected chi connectivity index (χ0v) is 13.5. The molecule has 0 aliphatic carbocycles. The highest BCUT2D eigenvalue weighted by Crippen LogP contribution is 2.40. The molecule has 3 heterocycles. The lowest BCUT2D eigenvalue weighted by atomic mass is 9.98. The minimum Gasteiger partial charge on any atom is -0.361 e. The van der Waals surface area contributed by atoms with Gasteiger partial charge in [0.25, 0.3) is 0 Å². The molecule has 4 rings (SSSR count). The number of aromatic amines is 1.